The number of carbonyl (C=O) groups excluding carboxylic acids is 1. The fraction of sp³-hybridized carbons (Fsp3) is 0.278. The lowest BCUT2D eigenvalue weighted by atomic mass is 9.88. The summed E-state index contributed by atoms with van der Waals surface area (Å²) in [5, 5.41) is 0. The molecule has 0 radical (unpaired) electrons. The Morgan fingerprint density at radius 1 is 1.00 bits per heavy atom. The van der Waals surface area contributed by atoms with E-state index < -0.39 is 23.8 Å². The van der Waals surface area contributed by atoms with Crippen molar-refractivity contribution in [2.75, 3.05) is 18.1 Å². The first-order valence-electron chi connectivity index (χ1n) is 8.02. The first kappa shape index (κ1) is 16.7. The van der Waals surface area contributed by atoms with Gasteiger partial charge in [-0.15, -0.1) is 0 Å². The van der Waals surface area contributed by atoms with Crippen LogP contribution in [0.25, 0.3) is 0 Å². The van der Waals surface area contributed by atoms with Gasteiger partial charge in [0, 0.05) is 11.8 Å². The summed E-state index contributed by atoms with van der Waals surface area (Å²) in [5.41, 5.74) is 6.28. The van der Waals surface area contributed by atoms with E-state index in [4.69, 9.17) is 15.2 Å². The molecule has 2 atom stereocenters. The van der Waals surface area contributed by atoms with E-state index >= 15 is 0 Å². The minimum atomic E-state index is -4.41. The van der Waals surface area contributed by atoms with Crippen LogP contribution in [0.3, 0.4) is 0 Å². The van der Waals surface area contributed by atoms with Crippen molar-refractivity contribution in [3.63, 3.8) is 0 Å². The summed E-state index contributed by atoms with van der Waals surface area (Å²) in [7, 11) is 0. The Morgan fingerprint density at radius 2 is 1.65 bits per heavy atom. The number of alkyl halides is 3. The lowest BCUT2D eigenvalue weighted by Crippen LogP contribution is -2.63. The summed E-state index contributed by atoms with van der Waals surface area (Å²) < 4.78 is 49.2. The maximum absolute atomic E-state index is 12.7. The van der Waals surface area contributed by atoms with Crippen LogP contribution in [-0.2, 0) is 11.0 Å². The van der Waals surface area contributed by atoms with E-state index in [0.29, 0.717) is 36.0 Å². The smallest absolute Gasteiger partial charge is 0.416 e. The Labute approximate surface area is 147 Å². The highest BCUT2D eigenvalue weighted by Gasteiger charge is 2.47. The largest absolute Gasteiger partial charge is 0.486 e. The van der Waals surface area contributed by atoms with Crippen LogP contribution in [0.2, 0.25) is 0 Å². The molecule has 1 amide bonds. The summed E-state index contributed by atoms with van der Waals surface area (Å²) in [6, 6.07) is 8.43. The summed E-state index contributed by atoms with van der Waals surface area (Å²) in [6.07, 6.45) is -4.41. The number of rotatable bonds is 2. The summed E-state index contributed by atoms with van der Waals surface area (Å²) in [4.78, 5) is 13.8. The predicted molar refractivity (Wildman–Crippen MR) is 87.1 cm³/mol. The van der Waals surface area contributed by atoms with E-state index in [2.05, 4.69) is 0 Å². The maximum Gasteiger partial charge on any atom is 0.416 e. The molecule has 0 bridgehead atoms. The van der Waals surface area contributed by atoms with Gasteiger partial charge in [-0.05, 0) is 29.8 Å². The molecule has 8 heteroatoms. The number of benzene rings is 2. The molecule has 2 aromatic rings. The van der Waals surface area contributed by atoms with Crippen molar-refractivity contribution in [3.05, 3.63) is 53.6 Å². The predicted octanol–water partition coefficient (Wildman–Crippen LogP) is 2.89. The molecule has 2 aromatic carbocycles. The average Bonchev–Trinajstić information content (AvgIpc) is 2.64. The van der Waals surface area contributed by atoms with Crippen LogP contribution in [0.5, 0.6) is 11.5 Å². The Bertz CT molecular complexity index is 852. The van der Waals surface area contributed by atoms with Crippen molar-refractivity contribution in [1.29, 1.82) is 0 Å². The van der Waals surface area contributed by atoms with Crippen LogP contribution >= 0.6 is 0 Å². The molecular weight excluding hydrogens is 349 g/mol. The molecule has 4 rings (SSSR count). The molecule has 5 nitrogen and oxygen atoms in total. The molecule has 2 heterocycles. The van der Waals surface area contributed by atoms with E-state index in [1.54, 1.807) is 18.2 Å². The monoisotopic (exact) mass is 364 g/mol. The standard InChI is InChI=1S/C18H15F3N2O3/c19-18(20,21)11-3-1-10(2-4-11)16-15(22)17(24)23(16)12-5-6-13-14(9-12)26-8-7-25-13/h1-6,9,15-16H,7-8,22H2. The van der Waals surface area contributed by atoms with E-state index in [0.717, 1.165) is 12.1 Å². The minimum Gasteiger partial charge on any atom is -0.486 e. The van der Waals surface area contributed by atoms with Crippen LogP contribution < -0.4 is 20.1 Å². The molecule has 0 aromatic heterocycles. The van der Waals surface area contributed by atoms with Crippen LogP contribution in [0.1, 0.15) is 17.2 Å². The molecule has 2 aliphatic rings. The van der Waals surface area contributed by atoms with E-state index in [1.165, 1.54) is 17.0 Å². The third kappa shape index (κ3) is 2.66. The lowest BCUT2D eigenvalue weighted by molar-refractivity contribution is -0.137. The van der Waals surface area contributed by atoms with Gasteiger partial charge in [0.05, 0.1) is 11.6 Å². The number of fused-ring (bicyclic) bond motifs is 1. The molecule has 0 aliphatic carbocycles. The first-order valence-corrected chi connectivity index (χ1v) is 8.02. The Morgan fingerprint density at radius 3 is 2.31 bits per heavy atom. The van der Waals surface area contributed by atoms with Gasteiger partial charge in [-0.3, -0.25) is 4.79 Å². The van der Waals surface area contributed by atoms with Gasteiger partial charge < -0.3 is 20.1 Å². The van der Waals surface area contributed by atoms with E-state index in [1.807, 2.05) is 0 Å². The summed E-state index contributed by atoms with van der Waals surface area (Å²) in [5.74, 6) is 0.808. The zero-order chi connectivity index (χ0) is 18.5. The second-order valence-corrected chi connectivity index (χ2v) is 6.13. The third-order valence-corrected chi connectivity index (χ3v) is 4.52. The highest BCUT2D eigenvalue weighted by atomic mass is 19.4. The van der Waals surface area contributed by atoms with Crippen LogP contribution in [0, 0.1) is 0 Å². The van der Waals surface area contributed by atoms with Crippen LogP contribution in [-0.4, -0.2) is 25.2 Å². The molecule has 136 valence electrons. The number of nitrogens with zero attached hydrogens (tertiary/aromatic N) is 1. The van der Waals surface area contributed by atoms with Gasteiger partial charge in [-0.2, -0.15) is 13.2 Å². The first-order chi connectivity index (χ1) is 12.4. The molecule has 26 heavy (non-hydrogen) atoms. The minimum absolute atomic E-state index is 0.299. The molecular formula is C18H15F3N2O3. The molecule has 1 saturated heterocycles. The normalized spacial score (nSPS) is 22.2. The van der Waals surface area contributed by atoms with Crippen molar-refractivity contribution in [3.8, 4) is 11.5 Å². The number of hydrogen-bond acceptors (Lipinski definition) is 4. The number of nitrogens with two attached hydrogens (primary N) is 1. The third-order valence-electron chi connectivity index (χ3n) is 4.52. The second kappa shape index (κ2) is 5.91. The zero-order valence-corrected chi connectivity index (χ0v) is 13.5. The number of ether oxygens (including phenoxy) is 2. The van der Waals surface area contributed by atoms with Crippen molar-refractivity contribution in [2.24, 2.45) is 5.73 Å². The average molecular weight is 364 g/mol. The molecule has 2 unspecified atom stereocenters. The maximum atomic E-state index is 12.7. The molecule has 2 N–H and O–H groups in total. The number of β-lactam (4-membered cyclic amide) rings is 1. The second-order valence-electron chi connectivity index (χ2n) is 6.13. The van der Waals surface area contributed by atoms with Gasteiger partial charge in [0.25, 0.3) is 0 Å². The number of anilines is 1. The number of hydrogen-bond donors (Lipinski definition) is 1. The number of halogens is 3. The molecule has 2 aliphatic heterocycles. The fourth-order valence-electron chi connectivity index (χ4n) is 3.21. The summed E-state index contributed by atoms with van der Waals surface area (Å²) in [6.45, 7) is 0.861. The molecule has 0 saturated carbocycles. The zero-order valence-electron chi connectivity index (χ0n) is 13.5. The van der Waals surface area contributed by atoms with Gasteiger partial charge >= 0.3 is 6.18 Å². The van der Waals surface area contributed by atoms with Crippen LogP contribution in [0.15, 0.2) is 42.5 Å². The fourth-order valence-corrected chi connectivity index (χ4v) is 3.21. The molecule has 0 spiro atoms. The number of amides is 1. The topological polar surface area (TPSA) is 64.8 Å². The van der Waals surface area contributed by atoms with E-state index in [9.17, 15) is 18.0 Å². The van der Waals surface area contributed by atoms with Gasteiger partial charge in [0.2, 0.25) is 5.91 Å². The Kier molecular flexibility index (Phi) is 3.80. The van der Waals surface area contributed by atoms with Crippen LogP contribution in [0.4, 0.5) is 18.9 Å². The summed E-state index contributed by atoms with van der Waals surface area (Å²) >= 11 is 0. The van der Waals surface area contributed by atoms with Crippen molar-refractivity contribution >= 4 is 11.6 Å². The van der Waals surface area contributed by atoms with Gasteiger partial charge in [0.15, 0.2) is 11.5 Å². The van der Waals surface area contributed by atoms with Gasteiger partial charge in [0.1, 0.15) is 19.3 Å². The lowest BCUT2D eigenvalue weighted by Gasteiger charge is -2.45. The number of carbonyl (C=O) groups is 1. The highest BCUT2D eigenvalue weighted by Crippen LogP contribution is 2.42. The van der Waals surface area contributed by atoms with E-state index in [-0.39, 0.29) is 5.91 Å². The molecule has 1 fully saturated rings. The van der Waals surface area contributed by atoms with Crippen molar-refractivity contribution < 1.29 is 27.4 Å². The Balaban J connectivity index is 1.65. The SMILES string of the molecule is NC1C(=O)N(c2ccc3c(c2)OCCO3)C1c1ccc(C(F)(F)F)cc1. The van der Waals surface area contributed by atoms with Gasteiger partial charge in [-0.1, -0.05) is 12.1 Å². The van der Waals surface area contributed by atoms with Crippen molar-refractivity contribution in [2.45, 2.75) is 18.3 Å². The highest BCUT2D eigenvalue weighted by molar-refractivity contribution is 6.05. The van der Waals surface area contributed by atoms with Gasteiger partial charge in [-0.25, -0.2) is 0 Å². The Hall–Kier alpha value is -2.74. The quantitative estimate of drug-likeness (QED) is 0.833. The van der Waals surface area contributed by atoms with Crippen molar-refractivity contribution in [1.82, 2.24) is 0 Å².